The van der Waals surface area contributed by atoms with Crippen molar-refractivity contribution in [1.29, 1.82) is 0 Å². The maximum Gasteiger partial charge on any atom is 0.285 e. The second kappa shape index (κ2) is 6.52. The number of piperidine rings is 1. The molecular formula is C16H21N3O4. The number of carbonyl (C=O) groups excluding carboxylic acids is 1. The van der Waals surface area contributed by atoms with Crippen LogP contribution >= 0.6 is 0 Å². The summed E-state index contributed by atoms with van der Waals surface area (Å²) in [5.41, 5.74) is -0.562. The zero-order chi connectivity index (χ0) is 16.4. The lowest BCUT2D eigenvalue weighted by Crippen LogP contribution is -2.51. The summed E-state index contributed by atoms with van der Waals surface area (Å²) in [4.78, 5) is 36.7. The lowest BCUT2D eigenvalue weighted by molar-refractivity contribution is -0.385. The minimum absolute atomic E-state index is 0.107. The zero-order valence-electron chi connectivity index (χ0n) is 13.0. The van der Waals surface area contributed by atoms with Gasteiger partial charge >= 0.3 is 0 Å². The predicted molar refractivity (Wildman–Crippen MR) is 84.0 cm³/mol. The van der Waals surface area contributed by atoms with E-state index in [0.717, 1.165) is 42.6 Å². The Labute approximate surface area is 134 Å². The van der Waals surface area contributed by atoms with Gasteiger partial charge in [0.1, 0.15) is 6.54 Å². The first-order valence-corrected chi connectivity index (χ1v) is 8.20. The van der Waals surface area contributed by atoms with E-state index in [2.05, 4.69) is 0 Å². The Morgan fingerprint density at radius 1 is 1.22 bits per heavy atom. The third-order valence-electron chi connectivity index (χ3n) is 5.05. The SMILES string of the molecule is O=C(Cn1cc([N+](=O)[O-])ccc1=O)N1CCCC2CCCCC21. The number of aromatic nitrogens is 1. The van der Waals surface area contributed by atoms with Crippen molar-refractivity contribution in [3.8, 4) is 0 Å². The average molecular weight is 319 g/mol. The normalized spacial score (nSPS) is 24.1. The van der Waals surface area contributed by atoms with Gasteiger partial charge in [-0.05, 0) is 31.6 Å². The van der Waals surface area contributed by atoms with Gasteiger partial charge in [0.05, 0.1) is 11.1 Å². The first-order valence-electron chi connectivity index (χ1n) is 8.20. The Bertz CT molecular complexity index is 668. The van der Waals surface area contributed by atoms with Crippen molar-refractivity contribution in [3.63, 3.8) is 0 Å². The molecule has 0 bridgehead atoms. The molecule has 1 aromatic rings. The molecule has 1 aromatic heterocycles. The van der Waals surface area contributed by atoms with Crippen LogP contribution in [0.3, 0.4) is 0 Å². The highest BCUT2D eigenvalue weighted by molar-refractivity contribution is 5.76. The highest BCUT2D eigenvalue weighted by Crippen LogP contribution is 2.35. The number of nitrogens with zero attached hydrogens (tertiary/aromatic N) is 3. The summed E-state index contributed by atoms with van der Waals surface area (Å²) in [7, 11) is 0. The number of nitro groups is 1. The van der Waals surface area contributed by atoms with Gasteiger partial charge in [0.2, 0.25) is 5.91 Å². The number of rotatable bonds is 3. The molecule has 2 atom stereocenters. The Hall–Kier alpha value is -2.18. The van der Waals surface area contributed by atoms with E-state index in [-0.39, 0.29) is 29.7 Å². The third-order valence-corrected chi connectivity index (χ3v) is 5.05. The molecule has 0 spiro atoms. The Morgan fingerprint density at radius 3 is 2.74 bits per heavy atom. The standard InChI is InChI=1S/C16H21N3O4/c20-15-8-7-13(19(22)23)10-17(15)11-16(21)18-9-3-5-12-4-1-2-6-14(12)18/h7-8,10,12,14H,1-6,9,11H2. The molecule has 1 saturated heterocycles. The van der Waals surface area contributed by atoms with Gasteiger partial charge in [0, 0.05) is 24.7 Å². The van der Waals surface area contributed by atoms with Gasteiger partial charge in [-0.3, -0.25) is 24.3 Å². The molecule has 23 heavy (non-hydrogen) atoms. The van der Waals surface area contributed by atoms with Crippen molar-refractivity contribution >= 4 is 11.6 Å². The van der Waals surface area contributed by atoms with Crippen molar-refractivity contribution in [2.75, 3.05) is 6.54 Å². The summed E-state index contributed by atoms with van der Waals surface area (Å²) < 4.78 is 1.15. The molecule has 2 aliphatic rings. The summed E-state index contributed by atoms with van der Waals surface area (Å²) in [5.74, 6) is 0.465. The fourth-order valence-electron chi connectivity index (χ4n) is 3.92. The molecule has 0 radical (unpaired) electrons. The number of fused-ring (bicyclic) bond motifs is 1. The molecule has 124 valence electrons. The van der Waals surface area contributed by atoms with E-state index in [1.807, 2.05) is 4.90 Å². The van der Waals surface area contributed by atoms with Gasteiger partial charge in [0.15, 0.2) is 0 Å². The Balaban J connectivity index is 1.77. The maximum absolute atomic E-state index is 12.7. The second-order valence-electron chi connectivity index (χ2n) is 6.45. The van der Waals surface area contributed by atoms with Crippen LogP contribution < -0.4 is 5.56 Å². The van der Waals surface area contributed by atoms with Crippen LogP contribution in [0.25, 0.3) is 0 Å². The number of hydrogen-bond acceptors (Lipinski definition) is 4. The predicted octanol–water partition coefficient (Wildman–Crippen LogP) is 1.94. The summed E-state index contributed by atoms with van der Waals surface area (Å²) >= 11 is 0. The third kappa shape index (κ3) is 3.28. The number of amides is 1. The zero-order valence-corrected chi connectivity index (χ0v) is 13.0. The smallest absolute Gasteiger partial charge is 0.285 e. The molecule has 2 fully saturated rings. The van der Waals surface area contributed by atoms with Gasteiger partial charge in [-0.15, -0.1) is 0 Å². The highest BCUT2D eigenvalue weighted by Gasteiger charge is 2.35. The topological polar surface area (TPSA) is 85.5 Å². The maximum atomic E-state index is 12.7. The average Bonchev–Trinajstić information content (AvgIpc) is 2.56. The van der Waals surface area contributed by atoms with Crippen molar-refractivity contribution in [1.82, 2.24) is 9.47 Å². The van der Waals surface area contributed by atoms with E-state index in [1.54, 1.807) is 0 Å². The molecule has 0 aromatic carbocycles. The van der Waals surface area contributed by atoms with Gasteiger partial charge < -0.3 is 4.90 Å². The molecule has 1 aliphatic heterocycles. The molecule has 0 N–H and O–H groups in total. The summed E-state index contributed by atoms with van der Waals surface area (Å²) in [6.45, 7) is 0.605. The molecule has 7 heteroatoms. The monoisotopic (exact) mass is 319 g/mol. The Kier molecular flexibility index (Phi) is 4.45. The number of pyridine rings is 1. The minimum Gasteiger partial charge on any atom is -0.338 e. The van der Waals surface area contributed by atoms with E-state index in [0.29, 0.717) is 5.92 Å². The van der Waals surface area contributed by atoms with E-state index < -0.39 is 4.92 Å². The highest BCUT2D eigenvalue weighted by atomic mass is 16.6. The van der Waals surface area contributed by atoms with E-state index in [4.69, 9.17) is 0 Å². The quantitative estimate of drug-likeness (QED) is 0.629. The fraction of sp³-hybridized carbons (Fsp3) is 0.625. The summed E-state index contributed by atoms with van der Waals surface area (Å²) in [6, 6.07) is 2.59. The van der Waals surface area contributed by atoms with E-state index in [9.17, 15) is 19.7 Å². The summed E-state index contributed by atoms with van der Waals surface area (Å²) in [6.07, 6.45) is 7.89. The van der Waals surface area contributed by atoms with Crippen LogP contribution in [-0.2, 0) is 11.3 Å². The van der Waals surface area contributed by atoms with Gasteiger partial charge in [-0.25, -0.2) is 0 Å². The van der Waals surface area contributed by atoms with Crippen molar-refractivity contribution in [3.05, 3.63) is 38.8 Å². The molecule has 1 aliphatic carbocycles. The van der Waals surface area contributed by atoms with Crippen LogP contribution in [-0.4, -0.2) is 32.9 Å². The lowest BCUT2D eigenvalue weighted by Gasteiger charge is -2.44. The number of carbonyl (C=O) groups is 1. The van der Waals surface area contributed by atoms with Crippen LogP contribution in [0, 0.1) is 16.0 Å². The molecule has 2 unspecified atom stereocenters. The molecule has 1 saturated carbocycles. The number of likely N-dealkylation sites (tertiary alicyclic amines) is 1. The first-order chi connectivity index (χ1) is 11.1. The van der Waals surface area contributed by atoms with Crippen molar-refractivity contribution < 1.29 is 9.72 Å². The molecule has 1 amide bonds. The molecule has 7 nitrogen and oxygen atoms in total. The first kappa shape index (κ1) is 15.7. The van der Waals surface area contributed by atoms with Crippen molar-refractivity contribution in [2.24, 2.45) is 5.92 Å². The van der Waals surface area contributed by atoms with Crippen LogP contribution in [0.15, 0.2) is 23.1 Å². The van der Waals surface area contributed by atoms with Crippen molar-refractivity contribution in [2.45, 2.75) is 51.1 Å². The minimum atomic E-state index is -0.557. The molecular weight excluding hydrogens is 298 g/mol. The fourth-order valence-corrected chi connectivity index (χ4v) is 3.92. The van der Waals surface area contributed by atoms with E-state index >= 15 is 0 Å². The Morgan fingerprint density at radius 2 is 1.96 bits per heavy atom. The second-order valence-corrected chi connectivity index (χ2v) is 6.45. The largest absolute Gasteiger partial charge is 0.338 e. The van der Waals surface area contributed by atoms with Crippen LogP contribution in [0.4, 0.5) is 5.69 Å². The molecule has 2 heterocycles. The van der Waals surface area contributed by atoms with Gasteiger partial charge in [-0.2, -0.15) is 0 Å². The summed E-state index contributed by atoms with van der Waals surface area (Å²) in [5, 5.41) is 10.8. The van der Waals surface area contributed by atoms with Crippen LogP contribution in [0.2, 0.25) is 0 Å². The van der Waals surface area contributed by atoms with Gasteiger partial charge in [-0.1, -0.05) is 12.8 Å². The van der Waals surface area contributed by atoms with Crippen LogP contribution in [0.1, 0.15) is 38.5 Å². The van der Waals surface area contributed by atoms with E-state index in [1.165, 1.54) is 25.3 Å². The number of hydrogen-bond donors (Lipinski definition) is 0. The lowest BCUT2D eigenvalue weighted by atomic mass is 9.78. The van der Waals surface area contributed by atoms with Crippen LogP contribution in [0.5, 0.6) is 0 Å². The van der Waals surface area contributed by atoms with Gasteiger partial charge in [0.25, 0.3) is 11.2 Å². The molecule has 3 rings (SSSR count).